The zero-order chi connectivity index (χ0) is 27.5. The van der Waals surface area contributed by atoms with Gasteiger partial charge in [0.2, 0.25) is 17.6 Å². The standard InChI is InChI=1S/C29H31N5O4S/c1-3-7-21(32-28(38)23-15-18-16(2)8-6-10-19(18)31-23)27(37)33-22(14-17-12-13-30-26(17)36)25(35)29-34-20-9-4-5-11-24(20)39-29/h4-6,8-11,15,17,21-22,31H,3,7,12-14H2,1-2H3,(H,30,36)(H,32,38)(H,33,37)/t17-,21-,22-/m0/s1. The SMILES string of the molecule is CCC[C@H](NC(=O)c1cc2c(C)cccc2[nH]1)C(=O)N[C@@H](C[C@@H]1CCNC1=O)C(=O)c1nc2ccccc2s1. The summed E-state index contributed by atoms with van der Waals surface area (Å²) in [7, 11) is 0. The summed E-state index contributed by atoms with van der Waals surface area (Å²) in [6.45, 7) is 4.43. The number of carbonyl (C=O) groups excluding carboxylic acids is 4. The van der Waals surface area contributed by atoms with E-state index in [1.54, 1.807) is 6.07 Å². The van der Waals surface area contributed by atoms with Gasteiger partial charge in [0.25, 0.3) is 5.91 Å². The fraction of sp³-hybridized carbons (Fsp3) is 0.345. The number of ketones is 1. The van der Waals surface area contributed by atoms with Crippen LogP contribution in [0.1, 0.15) is 58.5 Å². The Morgan fingerprint density at radius 1 is 1.10 bits per heavy atom. The van der Waals surface area contributed by atoms with Gasteiger partial charge in [-0.15, -0.1) is 11.3 Å². The van der Waals surface area contributed by atoms with Crippen molar-refractivity contribution in [1.82, 2.24) is 25.9 Å². The van der Waals surface area contributed by atoms with Crippen LogP contribution in [0.2, 0.25) is 0 Å². The van der Waals surface area contributed by atoms with Gasteiger partial charge in [-0.3, -0.25) is 19.2 Å². The predicted octanol–water partition coefficient (Wildman–Crippen LogP) is 3.88. The number of hydrogen-bond donors (Lipinski definition) is 4. The van der Waals surface area contributed by atoms with Crippen LogP contribution in [0.5, 0.6) is 0 Å². The lowest BCUT2D eigenvalue weighted by atomic mass is 9.95. The quantitative estimate of drug-likeness (QED) is 0.225. The smallest absolute Gasteiger partial charge is 0.268 e. The van der Waals surface area contributed by atoms with Crippen molar-refractivity contribution in [3.8, 4) is 0 Å². The highest BCUT2D eigenvalue weighted by Crippen LogP contribution is 2.25. The zero-order valence-corrected chi connectivity index (χ0v) is 22.7. The molecule has 0 unspecified atom stereocenters. The van der Waals surface area contributed by atoms with E-state index in [4.69, 9.17) is 0 Å². The van der Waals surface area contributed by atoms with E-state index in [9.17, 15) is 19.2 Å². The molecule has 39 heavy (non-hydrogen) atoms. The van der Waals surface area contributed by atoms with Crippen molar-refractivity contribution >= 4 is 56.0 Å². The van der Waals surface area contributed by atoms with Gasteiger partial charge in [0, 0.05) is 23.4 Å². The maximum absolute atomic E-state index is 13.6. The zero-order valence-electron chi connectivity index (χ0n) is 21.9. The van der Waals surface area contributed by atoms with Crippen molar-refractivity contribution in [1.29, 1.82) is 0 Å². The average molecular weight is 546 g/mol. The van der Waals surface area contributed by atoms with Gasteiger partial charge in [-0.1, -0.05) is 37.6 Å². The van der Waals surface area contributed by atoms with Crippen molar-refractivity contribution in [2.24, 2.45) is 5.92 Å². The third-order valence-electron chi connectivity index (χ3n) is 7.15. The maximum Gasteiger partial charge on any atom is 0.268 e. The Balaban J connectivity index is 1.36. The summed E-state index contributed by atoms with van der Waals surface area (Å²) < 4.78 is 0.870. The maximum atomic E-state index is 13.6. The number of para-hydroxylation sites is 1. The summed E-state index contributed by atoms with van der Waals surface area (Å²) in [6.07, 6.45) is 1.79. The molecule has 0 radical (unpaired) electrons. The van der Waals surface area contributed by atoms with Crippen LogP contribution in [0, 0.1) is 12.8 Å². The number of rotatable bonds is 10. The minimum atomic E-state index is -0.945. The van der Waals surface area contributed by atoms with Gasteiger partial charge in [0.05, 0.1) is 16.3 Å². The first-order valence-corrected chi connectivity index (χ1v) is 14.0. The molecule has 4 aromatic rings. The van der Waals surface area contributed by atoms with E-state index in [0.29, 0.717) is 37.0 Å². The van der Waals surface area contributed by atoms with Gasteiger partial charge in [0.15, 0.2) is 5.01 Å². The van der Waals surface area contributed by atoms with Gasteiger partial charge in [-0.25, -0.2) is 4.98 Å². The molecular weight excluding hydrogens is 514 g/mol. The highest BCUT2D eigenvalue weighted by atomic mass is 32.1. The highest BCUT2D eigenvalue weighted by Gasteiger charge is 2.34. The number of hydrogen-bond acceptors (Lipinski definition) is 6. The number of amides is 3. The van der Waals surface area contributed by atoms with E-state index in [1.807, 2.05) is 56.3 Å². The molecule has 3 heterocycles. The number of aromatic amines is 1. The third kappa shape index (κ3) is 5.70. The topological polar surface area (TPSA) is 133 Å². The molecule has 1 aliphatic rings. The number of benzene rings is 2. The minimum Gasteiger partial charge on any atom is -0.356 e. The molecule has 0 spiro atoms. The molecule has 3 atom stereocenters. The van der Waals surface area contributed by atoms with E-state index >= 15 is 0 Å². The first kappa shape index (κ1) is 26.6. The first-order chi connectivity index (χ1) is 18.8. The highest BCUT2D eigenvalue weighted by molar-refractivity contribution is 7.20. The lowest BCUT2D eigenvalue weighted by Gasteiger charge is -2.23. The molecule has 10 heteroatoms. The third-order valence-corrected chi connectivity index (χ3v) is 8.20. The summed E-state index contributed by atoms with van der Waals surface area (Å²) in [5.41, 5.74) is 2.95. The number of H-pyrrole nitrogens is 1. The lowest BCUT2D eigenvalue weighted by Crippen LogP contribution is -2.52. The average Bonchev–Trinajstić information content (AvgIpc) is 3.66. The van der Waals surface area contributed by atoms with E-state index in [2.05, 4.69) is 25.9 Å². The molecule has 3 amide bonds. The van der Waals surface area contributed by atoms with Gasteiger partial charge >= 0.3 is 0 Å². The Labute approximate surface area is 229 Å². The number of nitrogens with one attached hydrogen (secondary N) is 4. The van der Waals surface area contributed by atoms with E-state index < -0.39 is 23.9 Å². The van der Waals surface area contributed by atoms with Crippen molar-refractivity contribution < 1.29 is 19.2 Å². The fourth-order valence-corrected chi connectivity index (χ4v) is 5.97. The minimum absolute atomic E-state index is 0.126. The van der Waals surface area contributed by atoms with Crippen LogP contribution in [0.3, 0.4) is 0 Å². The van der Waals surface area contributed by atoms with Crippen molar-refractivity contribution in [2.75, 3.05) is 6.54 Å². The Morgan fingerprint density at radius 2 is 1.92 bits per heavy atom. The van der Waals surface area contributed by atoms with Crippen LogP contribution < -0.4 is 16.0 Å². The Kier molecular flexibility index (Phi) is 7.74. The van der Waals surface area contributed by atoms with Crippen molar-refractivity contribution in [3.05, 3.63) is 64.8 Å². The summed E-state index contributed by atoms with van der Waals surface area (Å²) in [4.78, 5) is 60.1. The number of carbonyl (C=O) groups is 4. The van der Waals surface area contributed by atoms with Gasteiger partial charge in [-0.2, -0.15) is 0 Å². The molecule has 9 nitrogen and oxygen atoms in total. The molecule has 0 bridgehead atoms. The second kappa shape index (κ2) is 11.4. The lowest BCUT2D eigenvalue weighted by molar-refractivity contribution is -0.125. The summed E-state index contributed by atoms with van der Waals surface area (Å²) in [5, 5.41) is 9.71. The molecular formula is C29H31N5O4S. The van der Waals surface area contributed by atoms with Gasteiger partial charge < -0.3 is 20.9 Å². The fourth-order valence-electron chi connectivity index (χ4n) is 5.01. The van der Waals surface area contributed by atoms with Gasteiger partial charge in [0.1, 0.15) is 11.7 Å². The van der Waals surface area contributed by atoms with Crippen LogP contribution >= 0.6 is 11.3 Å². The molecule has 0 saturated carbocycles. The van der Waals surface area contributed by atoms with Crippen molar-refractivity contribution in [2.45, 2.75) is 51.6 Å². The monoisotopic (exact) mass is 545 g/mol. The second-order valence-electron chi connectivity index (χ2n) is 9.96. The molecule has 1 saturated heterocycles. The number of thiazole rings is 1. The summed E-state index contributed by atoms with van der Waals surface area (Å²) in [6, 6.07) is 13.2. The number of fused-ring (bicyclic) bond motifs is 2. The normalized spacial score (nSPS) is 16.7. The summed E-state index contributed by atoms with van der Waals surface area (Å²) >= 11 is 1.26. The van der Waals surface area contributed by atoms with Crippen LogP contribution in [0.4, 0.5) is 0 Å². The molecule has 0 aliphatic carbocycles. The predicted molar refractivity (Wildman–Crippen MR) is 151 cm³/mol. The van der Waals surface area contributed by atoms with Crippen molar-refractivity contribution in [3.63, 3.8) is 0 Å². The van der Waals surface area contributed by atoms with Crippen LogP contribution in [-0.4, -0.2) is 52.1 Å². The summed E-state index contributed by atoms with van der Waals surface area (Å²) in [5.74, 6) is -1.71. The molecule has 1 fully saturated rings. The molecule has 1 aliphatic heterocycles. The largest absolute Gasteiger partial charge is 0.356 e. The molecule has 2 aromatic heterocycles. The first-order valence-electron chi connectivity index (χ1n) is 13.2. The Hall–Kier alpha value is -4.05. The van der Waals surface area contributed by atoms with E-state index in [0.717, 1.165) is 21.2 Å². The number of Topliss-reactive ketones (excluding diaryl/α,β-unsaturated/α-hetero) is 1. The molecule has 5 rings (SSSR count). The van der Waals surface area contributed by atoms with Crippen LogP contribution in [0.15, 0.2) is 48.5 Å². The van der Waals surface area contributed by atoms with Gasteiger partial charge in [-0.05, 0) is 56.0 Å². The van der Waals surface area contributed by atoms with E-state index in [1.165, 1.54) is 11.3 Å². The molecule has 202 valence electrons. The number of aromatic nitrogens is 2. The van der Waals surface area contributed by atoms with Crippen LogP contribution in [0.25, 0.3) is 21.1 Å². The van der Waals surface area contributed by atoms with E-state index in [-0.39, 0.29) is 29.0 Å². The second-order valence-corrected chi connectivity index (χ2v) is 11.0. The van der Waals surface area contributed by atoms with Crippen LogP contribution in [-0.2, 0) is 9.59 Å². The Morgan fingerprint density at radius 3 is 2.64 bits per heavy atom. The Bertz CT molecular complexity index is 1520. The number of nitrogens with zero attached hydrogens (tertiary/aromatic N) is 1. The molecule has 4 N–H and O–H groups in total. The molecule has 2 aromatic carbocycles. The number of aryl methyl sites for hydroxylation is 1.